The fourth-order valence-corrected chi connectivity index (χ4v) is 9.52. The van der Waals surface area contributed by atoms with Crippen LogP contribution in [0.1, 0.15) is 78.6 Å². The van der Waals surface area contributed by atoms with E-state index in [-0.39, 0.29) is 17.6 Å². The number of hydrogen-bond acceptors (Lipinski definition) is 2. The first kappa shape index (κ1) is 19.9. The molecule has 0 aromatic rings. The summed E-state index contributed by atoms with van der Waals surface area (Å²) in [6, 6.07) is 0. The van der Waals surface area contributed by atoms with Crippen molar-refractivity contribution in [1.29, 1.82) is 0 Å². The van der Waals surface area contributed by atoms with E-state index in [0.717, 1.165) is 37.0 Å². The summed E-state index contributed by atoms with van der Waals surface area (Å²) in [5.74, 6) is 4.35. The Bertz CT molecular complexity index is 524. The molecule has 0 saturated heterocycles. The molecule has 4 fully saturated rings. The number of halogens is 1. The van der Waals surface area contributed by atoms with Crippen LogP contribution in [0.25, 0.3) is 0 Å². The number of fused-ring (bicyclic) bond motifs is 5. The van der Waals surface area contributed by atoms with Crippen LogP contribution < -0.4 is 0 Å². The molecule has 4 aliphatic rings. The molecule has 0 amide bonds. The summed E-state index contributed by atoms with van der Waals surface area (Å²) in [6.07, 6.45) is 10.6. The van der Waals surface area contributed by atoms with Crippen molar-refractivity contribution in [2.24, 2.45) is 46.3 Å². The van der Waals surface area contributed by atoms with E-state index in [1.54, 1.807) is 0 Å². The van der Waals surface area contributed by atoms with Crippen LogP contribution in [-0.2, 0) is 0 Å². The van der Waals surface area contributed by atoms with E-state index < -0.39 is 0 Å². The molecule has 4 saturated carbocycles. The third kappa shape index (κ3) is 2.84. The van der Waals surface area contributed by atoms with Gasteiger partial charge in [-0.15, -0.1) is 0 Å². The van der Waals surface area contributed by atoms with E-state index in [9.17, 15) is 10.2 Å². The fourth-order valence-electron chi connectivity index (χ4n) is 8.53. The van der Waals surface area contributed by atoms with Crippen LogP contribution in [0.2, 0.25) is 0 Å². The zero-order chi connectivity index (χ0) is 18.7. The molecular formula is C23H39IO2. The quantitative estimate of drug-likeness (QED) is 0.423. The number of aliphatic hydroxyl groups excluding tert-OH is 2. The average molecular weight is 474 g/mol. The van der Waals surface area contributed by atoms with E-state index in [1.807, 2.05) is 0 Å². The van der Waals surface area contributed by atoms with Crippen LogP contribution in [0.5, 0.6) is 0 Å². The summed E-state index contributed by atoms with van der Waals surface area (Å²) in [4.78, 5) is 0. The molecule has 2 N–H and O–H groups in total. The Kier molecular flexibility index (Phi) is 5.49. The van der Waals surface area contributed by atoms with Gasteiger partial charge in [0.05, 0.1) is 12.2 Å². The Hall–Kier alpha value is 0.650. The Labute approximate surface area is 174 Å². The minimum Gasteiger partial charge on any atom is -0.393 e. The second kappa shape index (κ2) is 7.16. The van der Waals surface area contributed by atoms with Gasteiger partial charge in [-0.05, 0) is 109 Å². The molecule has 3 heteroatoms. The Morgan fingerprint density at radius 2 is 1.77 bits per heavy atom. The first-order valence-corrected chi connectivity index (χ1v) is 12.8. The molecule has 0 aliphatic heterocycles. The van der Waals surface area contributed by atoms with Gasteiger partial charge in [0.1, 0.15) is 0 Å². The third-order valence-electron chi connectivity index (χ3n) is 10.1. The summed E-state index contributed by atoms with van der Waals surface area (Å²) >= 11 is 2.52. The Morgan fingerprint density at radius 1 is 1.00 bits per heavy atom. The molecule has 0 radical (unpaired) electrons. The van der Waals surface area contributed by atoms with Crippen LogP contribution in [0.3, 0.4) is 0 Å². The summed E-state index contributed by atoms with van der Waals surface area (Å²) in [5.41, 5.74) is 0.500. The molecule has 4 aliphatic carbocycles. The smallest absolute Gasteiger partial charge is 0.0602 e. The summed E-state index contributed by atoms with van der Waals surface area (Å²) in [5, 5.41) is 21.7. The van der Waals surface area contributed by atoms with Gasteiger partial charge >= 0.3 is 0 Å². The van der Waals surface area contributed by atoms with Gasteiger partial charge in [0.25, 0.3) is 0 Å². The van der Waals surface area contributed by atoms with Crippen molar-refractivity contribution >= 4 is 22.6 Å². The predicted molar refractivity (Wildman–Crippen MR) is 115 cm³/mol. The normalized spacial score (nSPS) is 54.9. The van der Waals surface area contributed by atoms with Crippen molar-refractivity contribution in [3.8, 4) is 0 Å². The molecule has 150 valence electrons. The first-order valence-electron chi connectivity index (χ1n) is 11.2. The van der Waals surface area contributed by atoms with Crippen molar-refractivity contribution in [1.82, 2.24) is 0 Å². The van der Waals surface area contributed by atoms with Crippen molar-refractivity contribution in [2.75, 3.05) is 4.43 Å². The highest BCUT2D eigenvalue weighted by atomic mass is 127. The molecule has 4 rings (SSSR count). The topological polar surface area (TPSA) is 40.5 Å². The third-order valence-corrected chi connectivity index (χ3v) is 10.7. The lowest BCUT2D eigenvalue weighted by molar-refractivity contribution is -0.174. The van der Waals surface area contributed by atoms with Crippen molar-refractivity contribution in [2.45, 2.75) is 90.8 Å². The van der Waals surface area contributed by atoms with E-state index in [2.05, 4.69) is 43.4 Å². The van der Waals surface area contributed by atoms with E-state index in [4.69, 9.17) is 0 Å². The average Bonchev–Trinajstić information content (AvgIpc) is 2.96. The van der Waals surface area contributed by atoms with Crippen molar-refractivity contribution in [3.63, 3.8) is 0 Å². The van der Waals surface area contributed by atoms with Crippen molar-refractivity contribution < 1.29 is 10.2 Å². The number of hydrogen-bond donors (Lipinski definition) is 2. The molecule has 0 heterocycles. The van der Waals surface area contributed by atoms with Crippen molar-refractivity contribution in [3.05, 3.63) is 0 Å². The molecule has 10 atom stereocenters. The molecule has 0 aromatic carbocycles. The second-order valence-corrected chi connectivity index (χ2v) is 11.9. The lowest BCUT2D eigenvalue weighted by Gasteiger charge is -2.62. The van der Waals surface area contributed by atoms with Gasteiger partial charge in [0.15, 0.2) is 0 Å². The summed E-state index contributed by atoms with van der Waals surface area (Å²) in [6.45, 7) is 7.41. The zero-order valence-corrected chi connectivity index (χ0v) is 19.1. The van der Waals surface area contributed by atoms with Crippen LogP contribution in [0.4, 0.5) is 0 Å². The van der Waals surface area contributed by atoms with Gasteiger partial charge in [0.2, 0.25) is 0 Å². The predicted octanol–water partition coefficient (Wildman–Crippen LogP) is 5.44. The molecule has 0 unspecified atom stereocenters. The monoisotopic (exact) mass is 474 g/mol. The Balaban J connectivity index is 1.61. The van der Waals surface area contributed by atoms with E-state index in [1.165, 1.54) is 43.0 Å². The molecular weight excluding hydrogens is 435 g/mol. The standard InChI is InChI=1S/C23H39IO2/c1-14(9-11-24)18-6-7-19-17-5-4-15-12-16(25)8-10-22(15,2)20(17)13-21(26)23(18,19)3/h14-21,25-26H,4-13H2,1-3H3/t14-,15-,16-,17+,18-,19+,20+,21+,22+,23-/m1/s1. The Morgan fingerprint density at radius 3 is 2.50 bits per heavy atom. The molecule has 26 heavy (non-hydrogen) atoms. The van der Waals surface area contributed by atoms with Crippen LogP contribution in [0, 0.1) is 46.3 Å². The first-order chi connectivity index (χ1) is 12.3. The van der Waals surface area contributed by atoms with Gasteiger partial charge in [-0.2, -0.15) is 0 Å². The highest BCUT2D eigenvalue weighted by Gasteiger charge is 2.63. The van der Waals surface area contributed by atoms with Gasteiger partial charge in [-0.1, -0.05) is 43.4 Å². The number of aliphatic hydroxyl groups is 2. The largest absolute Gasteiger partial charge is 0.393 e. The molecule has 2 nitrogen and oxygen atoms in total. The minimum absolute atomic E-state index is 0.0756. The van der Waals surface area contributed by atoms with Gasteiger partial charge in [-0.25, -0.2) is 0 Å². The molecule has 0 aromatic heterocycles. The SMILES string of the molecule is C[C@H](CCI)[C@H]1CC[C@H]2[C@@H]3CC[C@@H]4C[C@H](O)CC[C@]4(C)[C@H]3C[C@H](O)[C@]12C. The van der Waals surface area contributed by atoms with Gasteiger partial charge in [0, 0.05) is 0 Å². The zero-order valence-electron chi connectivity index (χ0n) is 17.0. The van der Waals surface area contributed by atoms with Crippen LogP contribution >= 0.6 is 22.6 Å². The summed E-state index contributed by atoms with van der Waals surface area (Å²) < 4.78 is 1.24. The number of rotatable bonds is 3. The highest BCUT2D eigenvalue weighted by molar-refractivity contribution is 14.1. The maximum Gasteiger partial charge on any atom is 0.0602 e. The fraction of sp³-hybridized carbons (Fsp3) is 1.00. The van der Waals surface area contributed by atoms with Crippen LogP contribution in [-0.4, -0.2) is 26.8 Å². The van der Waals surface area contributed by atoms with E-state index >= 15 is 0 Å². The maximum atomic E-state index is 11.5. The lowest BCUT2D eigenvalue weighted by Crippen LogP contribution is -2.58. The highest BCUT2D eigenvalue weighted by Crippen LogP contribution is 2.68. The van der Waals surface area contributed by atoms with Crippen LogP contribution in [0.15, 0.2) is 0 Å². The lowest BCUT2D eigenvalue weighted by atomic mass is 9.43. The van der Waals surface area contributed by atoms with E-state index in [0.29, 0.717) is 23.2 Å². The second-order valence-electron chi connectivity index (χ2n) is 10.8. The molecule has 0 spiro atoms. The van der Waals surface area contributed by atoms with Gasteiger partial charge < -0.3 is 10.2 Å². The minimum atomic E-state index is -0.125. The molecule has 0 bridgehead atoms. The van der Waals surface area contributed by atoms with Gasteiger partial charge in [-0.3, -0.25) is 0 Å². The maximum absolute atomic E-state index is 11.5. The number of alkyl halides is 1. The summed E-state index contributed by atoms with van der Waals surface area (Å²) in [7, 11) is 0.